The van der Waals surface area contributed by atoms with Gasteiger partial charge in [-0.3, -0.25) is 4.79 Å². The molecular formula is C7H10N4O4. The second-order valence-electron chi connectivity index (χ2n) is 3.02. The third-order valence-electron chi connectivity index (χ3n) is 1.95. The Balaban J connectivity index is 2.12. The van der Waals surface area contributed by atoms with Gasteiger partial charge in [-0.05, 0) is 10.4 Å². The van der Waals surface area contributed by atoms with E-state index in [1.165, 1.54) is 4.68 Å². The quantitative estimate of drug-likeness (QED) is 0.677. The Morgan fingerprint density at radius 2 is 2.47 bits per heavy atom. The maximum atomic E-state index is 10.5. The first-order chi connectivity index (χ1) is 7.27. The van der Waals surface area contributed by atoms with Gasteiger partial charge in [0.2, 0.25) is 0 Å². The van der Waals surface area contributed by atoms with Gasteiger partial charge in [0, 0.05) is 0 Å². The maximum Gasteiger partial charge on any atom is 0.325 e. The van der Waals surface area contributed by atoms with Crippen LogP contribution in [-0.2, 0) is 20.8 Å². The maximum absolute atomic E-state index is 10.5. The summed E-state index contributed by atoms with van der Waals surface area (Å²) in [6.45, 7) is 1.07. The molecule has 1 aromatic heterocycles. The van der Waals surface area contributed by atoms with E-state index in [1.54, 1.807) is 0 Å². The fraction of sp³-hybridized carbons (Fsp3) is 0.714. The summed E-state index contributed by atoms with van der Waals surface area (Å²) in [6, 6.07) is 0. The van der Waals surface area contributed by atoms with Gasteiger partial charge in [0.25, 0.3) is 0 Å². The van der Waals surface area contributed by atoms with E-state index < -0.39 is 5.97 Å². The minimum atomic E-state index is -1.000. The number of carbonyl (C=O) groups is 1. The van der Waals surface area contributed by atoms with Crippen LogP contribution in [0.25, 0.3) is 0 Å². The van der Waals surface area contributed by atoms with Crippen molar-refractivity contribution in [3.8, 4) is 0 Å². The average Bonchev–Trinajstić information content (AvgIpc) is 2.66. The number of carboxylic acid groups (broad SMARTS) is 1. The van der Waals surface area contributed by atoms with Crippen LogP contribution in [0.4, 0.5) is 0 Å². The first-order valence-electron chi connectivity index (χ1n) is 4.44. The van der Waals surface area contributed by atoms with Gasteiger partial charge in [-0.25, -0.2) is 4.68 Å². The molecule has 2 heterocycles. The van der Waals surface area contributed by atoms with Gasteiger partial charge >= 0.3 is 5.97 Å². The zero-order chi connectivity index (χ0) is 10.7. The number of tetrazole rings is 1. The molecule has 0 saturated carbocycles. The smallest absolute Gasteiger partial charge is 0.325 e. The standard InChI is InChI=1S/C7H10N4O4/c12-6(13)3-11-7(8-9-10-11)5-4-14-1-2-15-5/h5H,1-4H2,(H,12,13). The monoisotopic (exact) mass is 214 g/mol. The van der Waals surface area contributed by atoms with E-state index in [1.807, 2.05) is 0 Å². The first-order valence-corrected chi connectivity index (χ1v) is 4.44. The molecule has 1 saturated heterocycles. The lowest BCUT2D eigenvalue weighted by atomic mass is 10.3. The normalized spacial score (nSPS) is 21.5. The van der Waals surface area contributed by atoms with E-state index in [4.69, 9.17) is 14.6 Å². The zero-order valence-electron chi connectivity index (χ0n) is 7.87. The molecule has 1 aliphatic rings. The lowest BCUT2D eigenvalue weighted by molar-refractivity contribution is -0.138. The highest BCUT2D eigenvalue weighted by atomic mass is 16.6. The van der Waals surface area contributed by atoms with Crippen molar-refractivity contribution >= 4 is 5.97 Å². The highest BCUT2D eigenvalue weighted by Crippen LogP contribution is 2.17. The Morgan fingerprint density at radius 3 is 3.13 bits per heavy atom. The molecule has 0 aliphatic carbocycles. The Labute approximate surface area is 84.8 Å². The average molecular weight is 214 g/mol. The molecule has 1 aliphatic heterocycles. The summed E-state index contributed by atoms with van der Waals surface area (Å²) in [7, 11) is 0. The van der Waals surface area contributed by atoms with E-state index in [9.17, 15) is 4.79 Å². The van der Waals surface area contributed by atoms with Gasteiger partial charge in [-0.1, -0.05) is 0 Å². The lowest BCUT2D eigenvalue weighted by Crippen LogP contribution is -2.26. The van der Waals surface area contributed by atoms with Crippen LogP contribution >= 0.6 is 0 Å². The highest BCUT2D eigenvalue weighted by Gasteiger charge is 2.23. The SMILES string of the molecule is O=C(O)Cn1nnnc1C1COCCO1. The molecule has 0 amide bonds. The zero-order valence-corrected chi connectivity index (χ0v) is 7.87. The molecule has 1 fully saturated rings. The second-order valence-corrected chi connectivity index (χ2v) is 3.02. The molecule has 0 spiro atoms. The van der Waals surface area contributed by atoms with E-state index in [-0.39, 0.29) is 12.6 Å². The fourth-order valence-electron chi connectivity index (χ4n) is 1.32. The summed E-state index contributed by atoms with van der Waals surface area (Å²) < 4.78 is 11.7. The van der Waals surface area contributed by atoms with Gasteiger partial charge in [-0.15, -0.1) is 5.10 Å². The largest absolute Gasteiger partial charge is 0.480 e. The molecule has 0 aromatic carbocycles. The van der Waals surface area contributed by atoms with E-state index in [2.05, 4.69) is 15.5 Å². The molecule has 1 aromatic rings. The molecule has 82 valence electrons. The lowest BCUT2D eigenvalue weighted by Gasteiger charge is -2.21. The molecule has 1 atom stereocenters. The van der Waals surface area contributed by atoms with Crippen LogP contribution in [0.2, 0.25) is 0 Å². The van der Waals surface area contributed by atoms with Crippen molar-refractivity contribution < 1.29 is 19.4 Å². The highest BCUT2D eigenvalue weighted by molar-refractivity contribution is 5.66. The van der Waals surface area contributed by atoms with Crippen LogP contribution in [-0.4, -0.2) is 51.1 Å². The van der Waals surface area contributed by atoms with Crippen LogP contribution in [0.1, 0.15) is 11.9 Å². The Hall–Kier alpha value is -1.54. The Kier molecular flexibility index (Phi) is 2.88. The third-order valence-corrected chi connectivity index (χ3v) is 1.95. The van der Waals surface area contributed by atoms with Crippen LogP contribution in [0.15, 0.2) is 0 Å². The molecule has 1 N–H and O–H groups in total. The first kappa shape index (κ1) is 9.99. The van der Waals surface area contributed by atoms with Crippen molar-refractivity contribution in [2.24, 2.45) is 0 Å². The summed E-state index contributed by atoms with van der Waals surface area (Å²) in [5, 5.41) is 19.3. The van der Waals surface area contributed by atoms with Crippen molar-refractivity contribution in [1.29, 1.82) is 0 Å². The van der Waals surface area contributed by atoms with Crippen molar-refractivity contribution in [2.75, 3.05) is 19.8 Å². The number of hydrogen-bond acceptors (Lipinski definition) is 6. The predicted molar refractivity (Wildman–Crippen MR) is 45.0 cm³/mol. The molecule has 8 heteroatoms. The molecule has 0 bridgehead atoms. The Bertz CT molecular complexity index is 347. The second kappa shape index (κ2) is 4.32. The van der Waals surface area contributed by atoms with E-state index >= 15 is 0 Å². The van der Waals surface area contributed by atoms with Crippen LogP contribution < -0.4 is 0 Å². The number of aliphatic carboxylic acids is 1. The van der Waals surface area contributed by atoms with Gasteiger partial charge < -0.3 is 14.6 Å². The summed E-state index contributed by atoms with van der Waals surface area (Å²) in [6.07, 6.45) is -0.381. The summed E-state index contributed by atoms with van der Waals surface area (Å²) in [5.74, 6) is -0.614. The summed E-state index contributed by atoms with van der Waals surface area (Å²) in [4.78, 5) is 10.5. The minimum Gasteiger partial charge on any atom is -0.480 e. The molecule has 0 radical (unpaired) electrons. The number of ether oxygens (including phenoxy) is 2. The minimum absolute atomic E-state index is 0.276. The molecule has 2 rings (SSSR count). The van der Waals surface area contributed by atoms with Gasteiger partial charge in [0.15, 0.2) is 5.82 Å². The number of rotatable bonds is 3. The molecule has 1 unspecified atom stereocenters. The summed E-state index contributed by atoms with van der Waals surface area (Å²) in [5.41, 5.74) is 0. The van der Waals surface area contributed by atoms with Crippen LogP contribution in [0.3, 0.4) is 0 Å². The van der Waals surface area contributed by atoms with Gasteiger partial charge in [-0.2, -0.15) is 0 Å². The number of nitrogens with zero attached hydrogens (tertiary/aromatic N) is 4. The van der Waals surface area contributed by atoms with Gasteiger partial charge in [0.05, 0.1) is 19.8 Å². The number of hydrogen-bond donors (Lipinski definition) is 1. The van der Waals surface area contributed by atoms with Crippen LogP contribution in [0, 0.1) is 0 Å². The van der Waals surface area contributed by atoms with Gasteiger partial charge in [0.1, 0.15) is 12.6 Å². The molecule has 15 heavy (non-hydrogen) atoms. The topological polar surface area (TPSA) is 99.4 Å². The van der Waals surface area contributed by atoms with Crippen molar-refractivity contribution in [3.05, 3.63) is 5.82 Å². The molecular weight excluding hydrogens is 204 g/mol. The number of aromatic nitrogens is 4. The van der Waals surface area contributed by atoms with Crippen molar-refractivity contribution in [3.63, 3.8) is 0 Å². The molecule has 8 nitrogen and oxygen atoms in total. The van der Waals surface area contributed by atoms with Crippen LogP contribution in [0.5, 0.6) is 0 Å². The van der Waals surface area contributed by atoms with Crippen molar-refractivity contribution in [2.45, 2.75) is 12.6 Å². The summed E-state index contributed by atoms with van der Waals surface area (Å²) >= 11 is 0. The van der Waals surface area contributed by atoms with E-state index in [0.29, 0.717) is 25.6 Å². The third kappa shape index (κ3) is 2.28. The van der Waals surface area contributed by atoms with E-state index in [0.717, 1.165) is 0 Å². The Morgan fingerprint density at radius 1 is 1.60 bits per heavy atom. The number of carboxylic acids is 1. The fourth-order valence-corrected chi connectivity index (χ4v) is 1.32. The van der Waals surface area contributed by atoms with Crippen molar-refractivity contribution in [1.82, 2.24) is 20.2 Å². The predicted octanol–water partition coefficient (Wildman–Crippen LogP) is -1.15.